The lowest BCUT2D eigenvalue weighted by molar-refractivity contribution is -0.136. The van der Waals surface area contributed by atoms with Crippen molar-refractivity contribution in [3.05, 3.63) is 94.8 Å². The number of carbonyl (C=O) groups excluding carboxylic acids is 2. The van der Waals surface area contributed by atoms with Gasteiger partial charge in [-0.25, -0.2) is 0 Å². The lowest BCUT2D eigenvalue weighted by Crippen LogP contribution is -2.57. The van der Waals surface area contributed by atoms with Crippen molar-refractivity contribution in [2.75, 3.05) is 33.3 Å². The number of ether oxygens (including phenoxy) is 1. The smallest absolute Gasteiger partial charge is 0.160 e. The summed E-state index contributed by atoms with van der Waals surface area (Å²) in [5.74, 6) is 9.70. The number of hydrogen-bond donors (Lipinski definition) is 8. The molecule has 382 valence electrons. The number of aliphatic hydroxyl groups excluding tert-OH is 3. The molecule has 1 spiro atoms. The van der Waals surface area contributed by atoms with E-state index in [0.717, 1.165) is 79.2 Å². The fourth-order valence-corrected chi connectivity index (χ4v) is 14.4. The summed E-state index contributed by atoms with van der Waals surface area (Å²) < 4.78 is 5.58. The number of methoxy groups -OCH3 is 1. The summed E-state index contributed by atoms with van der Waals surface area (Å²) in [7, 11) is 1.50. The SMILES string of the molecule is CCNCC1CC2C(CNC3CC(=O)CCC32)CC1C1CCC2(C#CC(CC(O)C(O)C(CCC(C)C)C(C3=CCNC(N)=C3)c3ccc4ccccc4c3)c3cc(O)c(OC)cc3CCC2=O)C(O)C1. The van der Waals surface area contributed by atoms with Gasteiger partial charge in [-0.3, -0.25) is 9.59 Å². The number of ketones is 2. The van der Waals surface area contributed by atoms with Crippen LogP contribution >= 0.6 is 0 Å². The Labute approximate surface area is 421 Å². The molecule has 3 saturated carbocycles. The van der Waals surface area contributed by atoms with Crippen LogP contribution in [0.4, 0.5) is 0 Å². The molecule has 11 nitrogen and oxygen atoms in total. The Morgan fingerprint density at radius 3 is 2.52 bits per heavy atom. The van der Waals surface area contributed by atoms with Gasteiger partial charge in [0, 0.05) is 43.7 Å². The van der Waals surface area contributed by atoms with E-state index in [2.05, 4.69) is 85.0 Å². The highest BCUT2D eigenvalue weighted by atomic mass is 16.5. The highest BCUT2D eigenvalue weighted by Crippen LogP contribution is 2.54. The number of benzene rings is 3. The summed E-state index contributed by atoms with van der Waals surface area (Å²) >= 11 is 0. The zero-order valence-electron chi connectivity index (χ0n) is 42.5. The van der Waals surface area contributed by atoms with E-state index < -0.39 is 35.6 Å². The first-order valence-electron chi connectivity index (χ1n) is 27.1. The van der Waals surface area contributed by atoms with Crippen LogP contribution in [-0.4, -0.2) is 89.6 Å². The topological polar surface area (TPSA) is 186 Å². The predicted octanol–water partition coefficient (Wildman–Crippen LogP) is 7.79. The number of nitrogens with two attached hydrogens (primary N) is 1. The van der Waals surface area contributed by atoms with Gasteiger partial charge in [0.15, 0.2) is 17.3 Å². The summed E-state index contributed by atoms with van der Waals surface area (Å²) in [6, 6.07) is 18.4. The maximum atomic E-state index is 14.8. The maximum Gasteiger partial charge on any atom is 0.160 e. The Hall–Kier alpha value is -4.70. The van der Waals surface area contributed by atoms with Crippen molar-refractivity contribution in [3.8, 4) is 23.3 Å². The molecule has 2 heterocycles. The van der Waals surface area contributed by atoms with Crippen LogP contribution in [0.3, 0.4) is 0 Å². The van der Waals surface area contributed by atoms with Gasteiger partial charge >= 0.3 is 0 Å². The quantitative estimate of drug-likeness (QED) is 0.0696. The van der Waals surface area contributed by atoms with Crippen LogP contribution in [0.2, 0.25) is 0 Å². The van der Waals surface area contributed by atoms with Crippen molar-refractivity contribution in [2.24, 2.45) is 58.5 Å². The molecule has 4 fully saturated rings. The molecule has 3 aromatic rings. The van der Waals surface area contributed by atoms with Crippen LogP contribution < -0.4 is 26.4 Å². The molecule has 0 bridgehead atoms. The van der Waals surface area contributed by atoms with Crippen LogP contribution in [0.25, 0.3) is 10.8 Å². The molecule has 6 aliphatic rings. The van der Waals surface area contributed by atoms with Crippen LogP contribution in [-0.2, 0) is 16.0 Å². The van der Waals surface area contributed by atoms with Gasteiger partial charge in [-0.05, 0) is 176 Å². The number of phenolic OH excluding ortho intramolecular Hbond substituents is 1. The third-order valence-electron chi connectivity index (χ3n) is 18.2. The number of dihydropyridines is 1. The molecule has 4 aliphatic carbocycles. The standard InChI is InChI=1S/C60H80N4O7/c1-5-62-33-43-26-50-44(34-64-51-31-45(65)14-16-46(50)51)25-48(43)40-19-22-60(56(69)29-40)21-18-39(49-32-52(66)54(71-4)28-38(49)13-17-55(60)68)27-53(67)59(70)47(15-10-35(2)3)58(42-20-23-63-57(61)30-42)41-12-11-36-8-6-7-9-37(36)24-41/h6-9,11-12,20,24,28,30,32,35,39-40,43-44,46-48,50-51,53,56,58-59,62-64,66-67,69-70H,5,10,13-17,19,22-23,25-27,29,31,33-34,61H2,1-4H3. The molecule has 0 amide bonds. The Morgan fingerprint density at radius 2 is 1.76 bits per heavy atom. The number of rotatable bonds is 15. The van der Waals surface area contributed by atoms with Gasteiger partial charge in [0.1, 0.15) is 11.2 Å². The Balaban J connectivity index is 1.02. The molecule has 9 rings (SSSR count). The molecule has 3 aromatic carbocycles. The monoisotopic (exact) mass is 969 g/mol. The summed E-state index contributed by atoms with van der Waals surface area (Å²) in [5.41, 5.74) is 8.62. The highest BCUT2D eigenvalue weighted by Gasteiger charge is 2.53. The average molecular weight is 969 g/mol. The van der Waals surface area contributed by atoms with Gasteiger partial charge < -0.3 is 46.8 Å². The van der Waals surface area contributed by atoms with Gasteiger partial charge in [0.05, 0.1) is 31.2 Å². The van der Waals surface area contributed by atoms with Crippen molar-refractivity contribution in [1.82, 2.24) is 16.0 Å². The fourth-order valence-electron chi connectivity index (χ4n) is 14.4. The number of aromatic hydroxyl groups is 1. The Kier molecular flexibility index (Phi) is 16.0. The minimum atomic E-state index is -1.29. The second kappa shape index (κ2) is 22.2. The number of allylic oxidation sites excluding steroid dienone is 2. The number of hydrogen-bond acceptors (Lipinski definition) is 11. The van der Waals surface area contributed by atoms with E-state index >= 15 is 0 Å². The van der Waals surface area contributed by atoms with Gasteiger partial charge in [-0.1, -0.05) is 87.6 Å². The molecular weight excluding hydrogens is 889 g/mol. The summed E-state index contributed by atoms with van der Waals surface area (Å²) in [6.07, 6.45) is 8.91. The van der Waals surface area contributed by atoms with Crippen LogP contribution in [0.1, 0.15) is 126 Å². The maximum absolute atomic E-state index is 14.8. The van der Waals surface area contributed by atoms with E-state index in [-0.39, 0.29) is 48.0 Å². The number of nitrogens with one attached hydrogen (secondary N) is 3. The number of Topliss-reactive ketones (excluding diaryl/α,β-unsaturated/α-hetero) is 2. The minimum absolute atomic E-state index is 0.0396. The lowest BCUT2D eigenvalue weighted by Gasteiger charge is -2.54. The molecule has 0 radical (unpaired) electrons. The molecule has 14 atom stereocenters. The zero-order valence-corrected chi connectivity index (χ0v) is 42.5. The van der Waals surface area contributed by atoms with Crippen molar-refractivity contribution in [1.29, 1.82) is 0 Å². The molecule has 0 aromatic heterocycles. The van der Waals surface area contributed by atoms with E-state index in [9.17, 15) is 30.0 Å². The third-order valence-corrected chi connectivity index (χ3v) is 18.2. The molecule has 9 N–H and O–H groups in total. The first-order chi connectivity index (χ1) is 34.3. The van der Waals surface area contributed by atoms with E-state index in [1.807, 2.05) is 18.2 Å². The van der Waals surface area contributed by atoms with Crippen molar-refractivity contribution < 1.29 is 34.8 Å². The second-order valence-electron chi connectivity index (χ2n) is 22.8. The van der Waals surface area contributed by atoms with Crippen LogP contribution in [0, 0.1) is 64.6 Å². The van der Waals surface area contributed by atoms with Gasteiger partial charge in [0.25, 0.3) is 0 Å². The zero-order chi connectivity index (χ0) is 50.0. The highest BCUT2D eigenvalue weighted by molar-refractivity contribution is 5.89. The summed E-state index contributed by atoms with van der Waals surface area (Å²) in [6.45, 7) is 9.80. The van der Waals surface area contributed by atoms with E-state index in [1.165, 1.54) is 7.11 Å². The second-order valence-corrected chi connectivity index (χ2v) is 22.8. The normalized spacial score (nSPS) is 31.5. The predicted molar refractivity (Wildman–Crippen MR) is 279 cm³/mol. The van der Waals surface area contributed by atoms with E-state index in [4.69, 9.17) is 10.5 Å². The first kappa shape index (κ1) is 51.2. The number of aryl methyl sites for hydroxylation is 1. The Bertz CT molecular complexity index is 2530. The molecular formula is C60H80N4O7. The van der Waals surface area contributed by atoms with E-state index in [0.29, 0.717) is 97.7 Å². The largest absolute Gasteiger partial charge is 0.504 e. The van der Waals surface area contributed by atoms with Crippen molar-refractivity contribution >= 4 is 22.3 Å². The number of fused-ring (bicyclic) bond motifs is 5. The molecule has 14 unspecified atom stereocenters. The summed E-state index contributed by atoms with van der Waals surface area (Å²) in [4.78, 5) is 27.2. The minimum Gasteiger partial charge on any atom is -0.504 e. The van der Waals surface area contributed by atoms with E-state index in [1.54, 1.807) is 12.1 Å². The first-order valence-corrected chi connectivity index (χ1v) is 27.1. The van der Waals surface area contributed by atoms with Crippen molar-refractivity contribution in [3.63, 3.8) is 0 Å². The average Bonchev–Trinajstić information content (AvgIpc) is 3.41. The van der Waals surface area contributed by atoms with Gasteiger partial charge in [0.2, 0.25) is 0 Å². The third kappa shape index (κ3) is 10.8. The number of carbonyl (C=O) groups is 2. The molecule has 71 heavy (non-hydrogen) atoms. The lowest BCUT2D eigenvalue weighted by atomic mass is 9.54. The fraction of sp³-hybridized carbons (Fsp3) is 0.600. The number of piperidine rings is 1. The molecule has 2 aliphatic heterocycles. The molecule has 11 heteroatoms. The van der Waals surface area contributed by atoms with Crippen molar-refractivity contribution in [2.45, 2.75) is 140 Å². The molecule has 1 saturated heterocycles. The van der Waals surface area contributed by atoms with Crippen LogP contribution in [0.5, 0.6) is 11.5 Å². The van der Waals surface area contributed by atoms with Gasteiger partial charge in [-0.2, -0.15) is 0 Å². The number of aliphatic hydroxyl groups is 3. The Morgan fingerprint density at radius 1 is 0.944 bits per heavy atom. The van der Waals surface area contributed by atoms with Crippen LogP contribution in [0.15, 0.2) is 78.1 Å². The summed E-state index contributed by atoms with van der Waals surface area (Å²) in [5, 5.41) is 62.0. The van der Waals surface area contributed by atoms with Gasteiger partial charge in [-0.15, -0.1) is 0 Å². The number of phenols is 1.